The summed E-state index contributed by atoms with van der Waals surface area (Å²) in [4.78, 5) is 0. The first-order chi connectivity index (χ1) is 8.65. The molecule has 0 saturated carbocycles. The highest BCUT2D eigenvalue weighted by Crippen LogP contribution is 2.38. The van der Waals surface area contributed by atoms with Crippen molar-refractivity contribution in [2.45, 2.75) is 25.2 Å². The molecule has 1 aliphatic carbocycles. The summed E-state index contributed by atoms with van der Waals surface area (Å²) in [5.74, 6) is -1.16. The monoisotopic (exact) mass is 295 g/mol. The van der Waals surface area contributed by atoms with Crippen LogP contribution >= 0.6 is 12.4 Å². The van der Waals surface area contributed by atoms with Crippen LogP contribution in [0.25, 0.3) is 0 Å². The SMILES string of the molecule is Cl.Fc1cc2c(cc1OC(F)F)C[C@H]1OCCN[C@@H]21. The van der Waals surface area contributed by atoms with E-state index < -0.39 is 18.2 Å². The second-order valence-corrected chi connectivity index (χ2v) is 4.41. The van der Waals surface area contributed by atoms with Crippen LogP contribution in [0.1, 0.15) is 17.2 Å². The second kappa shape index (κ2) is 5.56. The molecule has 1 aliphatic heterocycles. The number of hydrogen-bond acceptors (Lipinski definition) is 3. The van der Waals surface area contributed by atoms with Gasteiger partial charge in [0.25, 0.3) is 0 Å². The number of morpholine rings is 1. The lowest BCUT2D eigenvalue weighted by Crippen LogP contribution is -2.39. The van der Waals surface area contributed by atoms with E-state index in [4.69, 9.17) is 4.74 Å². The van der Waals surface area contributed by atoms with Gasteiger partial charge in [-0.3, -0.25) is 0 Å². The number of rotatable bonds is 2. The molecule has 19 heavy (non-hydrogen) atoms. The summed E-state index contributed by atoms with van der Waals surface area (Å²) < 4.78 is 47.6. The van der Waals surface area contributed by atoms with Gasteiger partial charge in [-0.15, -0.1) is 12.4 Å². The standard InChI is InChI=1S/C12H12F3NO2.ClH/c13-8-5-7-6(3-9(8)18-12(14)15)4-10-11(7)16-1-2-17-10;/h3,5,10-12,16H,1-2,4H2;1H/t10-,11+;/m1./s1. The zero-order chi connectivity index (χ0) is 12.7. The summed E-state index contributed by atoms with van der Waals surface area (Å²) >= 11 is 0. The number of nitrogens with one attached hydrogen (secondary N) is 1. The topological polar surface area (TPSA) is 30.5 Å². The largest absolute Gasteiger partial charge is 0.432 e. The van der Waals surface area contributed by atoms with E-state index in [0.29, 0.717) is 19.6 Å². The quantitative estimate of drug-likeness (QED) is 0.909. The Hall–Kier alpha value is -0.980. The van der Waals surface area contributed by atoms with E-state index in [9.17, 15) is 13.2 Å². The van der Waals surface area contributed by atoms with E-state index >= 15 is 0 Å². The van der Waals surface area contributed by atoms with Crippen LogP contribution in [0.3, 0.4) is 0 Å². The van der Waals surface area contributed by atoms with Gasteiger partial charge in [-0.2, -0.15) is 8.78 Å². The van der Waals surface area contributed by atoms with Gasteiger partial charge in [0.2, 0.25) is 0 Å². The molecule has 0 spiro atoms. The lowest BCUT2D eigenvalue weighted by atomic mass is 10.1. The molecule has 3 rings (SSSR count). The minimum Gasteiger partial charge on any atom is -0.432 e. The Morgan fingerprint density at radius 3 is 2.89 bits per heavy atom. The molecule has 2 aliphatic rings. The third kappa shape index (κ3) is 2.66. The molecule has 0 bridgehead atoms. The molecule has 1 N–H and O–H groups in total. The minimum absolute atomic E-state index is 0. The van der Waals surface area contributed by atoms with Gasteiger partial charge in [0.1, 0.15) is 0 Å². The lowest BCUT2D eigenvalue weighted by Gasteiger charge is -2.27. The summed E-state index contributed by atoms with van der Waals surface area (Å²) in [5.41, 5.74) is 1.58. The smallest absolute Gasteiger partial charge is 0.387 e. The average Bonchev–Trinajstić information content (AvgIpc) is 2.67. The van der Waals surface area contributed by atoms with Crippen LogP contribution < -0.4 is 10.1 Å². The first-order valence-corrected chi connectivity index (χ1v) is 5.77. The number of halogens is 4. The molecular weight excluding hydrogens is 283 g/mol. The van der Waals surface area contributed by atoms with E-state index in [1.54, 1.807) is 0 Å². The molecule has 0 aromatic heterocycles. The summed E-state index contributed by atoms with van der Waals surface area (Å²) in [7, 11) is 0. The van der Waals surface area contributed by atoms with Crippen LogP contribution in [-0.4, -0.2) is 25.9 Å². The van der Waals surface area contributed by atoms with Crippen molar-refractivity contribution in [1.82, 2.24) is 5.32 Å². The number of alkyl halides is 2. The third-order valence-corrected chi connectivity index (χ3v) is 3.34. The fourth-order valence-corrected chi connectivity index (χ4v) is 2.62. The van der Waals surface area contributed by atoms with Crippen LogP contribution in [0.4, 0.5) is 13.2 Å². The average molecular weight is 296 g/mol. The molecule has 1 aromatic carbocycles. The molecule has 1 fully saturated rings. The van der Waals surface area contributed by atoms with Crippen molar-refractivity contribution in [2.75, 3.05) is 13.2 Å². The van der Waals surface area contributed by atoms with E-state index in [0.717, 1.165) is 11.1 Å². The van der Waals surface area contributed by atoms with Crippen LogP contribution in [0.15, 0.2) is 12.1 Å². The van der Waals surface area contributed by atoms with Gasteiger partial charge in [0, 0.05) is 13.0 Å². The van der Waals surface area contributed by atoms with E-state index in [-0.39, 0.29) is 24.6 Å². The Morgan fingerprint density at radius 1 is 1.37 bits per heavy atom. The highest BCUT2D eigenvalue weighted by atomic mass is 35.5. The molecule has 1 saturated heterocycles. The van der Waals surface area contributed by atoms with Gasteiger partial charge in [-0.05, 0) is 23.3 Å². The van der Waals surface area contributed by atoms with Crippen LogP contribution in [0.2, 0.25) is 0 Å². The summed E-state index contributed by atoms with van der Waals surface area (Å²) in [5, 5.41) is 3.24. The summed E-state index contributed by atoms with van der Waals surface area (Å²) in [6.45, 7) is -1.70. The molecule has 0 amide bonds. The number of fused-ring (bicyclic) bond motifs is 3. The van der Waals surface area contributed by atoms with Gasteiger partial charge in [0.15, 0.2) is 11.6 Å². The van der Waals surface area contributed by atoms with E-state index in [1.807, 2.05) is 0 Å². The van der Waals surface area contributed by atoms with Crippen molar-refractivity contribution in [3.8, 4) is 5.75 Å². The molecule has 106 valence electrons. The van der Waals surface area contributed by atoms with Crippen molar-refractivity contribution in [2.24, 2.45) is 0 Å². The van der Waals surface area contributed by atoms with Crippen LogP contribution in [-0.2, 0) is 11.2 Å². The predicted octanol–water partition coefficient (Wildman–Crippen LogP) is 2.43. The molecule has 1 heterocycles. The van der Waals surface area contributed by atoms with Crippen LogP contribution in [0.5, 0.6) is 5.75 Å². The van der Waals surface area contributed by atoms with Crippen molar-refractivity contribution in [1.29, 1.82) is 0 Å². The highest BCUT2D eigenvalue weighted by molar-refractivity contribution is 5.85. The van der Waals surface area contributed by atoms with Crippen molar-refractivity contribution < 1.29 is 22.6 Å². The highest BCUT2D eigenvalue weighted by Gasteiger charge is 2.36. The van der Waals surface area contributed by atoms with Crippen molar-refractivity contribution in [3.05, 3.63) is 29.1 Å². The fourth-order valence-electron chi connectivity index (χ4n) is 2.62. The van der Waals surface area contributed by atoms with Gasteiger partial charge in [0.05, 0.1) is 18.8 Å². The number of ether oxygens (including phenoxy) is 2. The second-order valence-electron chi connectivity index (χ2n) is 4.41. The summed E-state index contributed by atoms with van der Waals surface area (Å²) in [6.07, 6.45) is 0.544. The predicted molar refractivity (Wildman–Crippen MR) is 64.5 cm³/mol. The first-order valence-electron chi connectivity index (χ1n) is 5.77. The number of hydrogen-bond donors (Lipinski definition) is 1. The van der Waals surface area contributed by atoms with E-state index in [2.05, 4.69) is 10.1 Å². The van der Waals surface area contributed by atoms with Crippen molar-refractivity contribution >= 4 is 12.4 Å². The molecule has 1 aromatic rings. The maximum atomic E-state index is 13.6. The Kier molecular flexibility index (Phi) is 4.23. The maximum Gasteiger partial charge on any atom is 0.387 e. The Morgan fingerprint density at radius 2 is 2.16 bits per heavy atom. The maximum absolute atomic E-state index is 13.6. The Bertz CT molecular complexity index is 473. The third-order valence-electron chi connectivity index (χ3n) is 3.34. The van der Waals surface area contributed by atoms with Crippen LogP contribution in [0, 0.1) is 5.82 Å². The zero-order valence-electron chi connectivity index (χ0n) is 9.87. The van der Waals surface area contributed by atoms with Crippen molar-refractivity contribution in [3.63, 3.8) is 0 Å². The van der Waals surface area contributed by atoms with E-state index in [1.165, 1.54) is 12.1 Å². The fraction of sp³-hybridized carbons (Fsp3) is 0.500. The molecule has 3 nitrogen and oxygen atoms in total. The lowest BCUT2D eigenvalue weighted by molar-refractivity contribution is -0.0522. The summed E-state index contributed by atoms with van der Waals surface area (Å²) in [6, 6.07) is 2.56. The zero-order valence-corrected chi connectivity index (χ0v) is 10.7. The minimum atomic E-state index is -3.02. The first kappa shape index (κ1) is 14.4. The van der Waals surface area contributed by atoms with Gasteiger partial charge >= 0.3 is 6.61 Å². The van der Waals surface area contributed by atoms with Gasteiger partial charge in [-0.25, -0.2) is 4.39 Å². The normalized spacial score (nSPS) is 24.6. The molecule has 7 heteroatoms. The molecule has 0 unspecified atom stereocenters. The Balaban J connectivity index is 0.00000133. The molecule has 2 atom stereocenters. The number of benzene rings is 1. The van der Waals surface area contributed by atoms with Gasteiger partial charge < -0.3 is 14.8 Å². The molecule has 0 radical (unpaired) electrons. The molecular formula is C12H13ClF3NO2. The van der Waals surface area contributed by atoms with Gasteiger partial charge in [-0.1, -0.05) is 0 Å². The Labute approximate surface area is 114 Å².